The van der Waals surface area contributed by atoms with E-state index >= 15 is 0 Å². The van der Waals surface area contributed by atoms with Crippen molar-refractivity contribution in [3.63, 3.8) is 0 Å². The second kappa shape index (κ2) is 9.35. The van der Waals surface area contributed by atoms with Crippen LogP contribution in [0.15, 0.2) is 48.7 Å². The summed E-state index contributed by atoms with van der Waals surface area (Å²) in [5.41, 5.74) is 3.78. The Morgan fingerprint density at radius 3 is 2.50 bits per heavy atom. The summed E-state index contributed by atoms with van der Waals surface area (Å²) in [4.78, 5) is 25.7. The molecule has 0 fully saturated rings. The van der Waals surface area contributed by atoms with Gasteiger partial charge in [-0.25, -0.2) is 4.79 Å². The number of nitrogens with zero attached hydrogens (tertiary/aromatic N) is 2. The van der Waals surface area contributed by atoms with Gasteiger partial charge in [-0.15, -0.1) is 0 Å². The Hall–Kier alpha value is -3.48. The molecule has 0 aliphatic carbocycles. The van der Waals surface area contributed by atoms with Crippen LogP contribution in [0.1, 0.15) is 11.1 Å². The molecule has 7 heteroatoms. The Kier molecular flexibility index (Phi) is 6.61. The predicted molar refractivity (Wildman–Crippen MR) is 119 cm³/mol. The van der Waals surface area contributed by atoms with Crippen LogP contribution in [0.4, 0.5) is 10.5 Å². The van der Waals surface area contributed by atoms with Gasteiger partial charge in [-0.2, -0.15) is 0 Å². The van der Waals surface area contributed by atoms with Gasteiger partial charge in [0.15, 0.2) is 0 Å². The molecule has 0 unspecified atom stereocenters. The fourth-order valence-corrected chi connectivity index (χ4v) is 3.22. The summed E-state index contributed by atoms with van der Waals surface area (Å²) in [5, 5.41) is 6.59. The summed E-state index contributed by atoms with van der Waals surface area (Å²) >= 11 is 0. The molecule has 0 aliphatic rings. The molecule has 0 atom stereocenters. The number of aromatic nitrogens is 1. The first-order chi connectivity index (χ1) is 14.3. The minimum Gasteiger partial charge on any atom is -0.491 e. The van der Waals surface area contributed by atoms with Crippen LogP contribution in [0.25, 0.3) is 10.9 Å². The molecule has 2 N–H and O–H groups in total. The van der Waals surface area contributed by atoms with Crippen LogP contribution in [0.5, 0.6) is 5.75 Å². The number of carbonyl (C=O) groups excluding carboxylic acids is 2. The lowest BCUT2D eigenvalue weighted by atomic mass is 10.1. The molecule has 3 rings (SSSR count). The number of likely N-dealkylation sites (N-methyl/N-ethyl adjacent to an activating group) is 1. The number of urea groups is 1. The topological polar surface area (TPSA) is 75.6 Å². The van der Waals surface area contributed by atoms with E-state index < -0.39 is 0 Å². The van der Waals surface area contributed by atoms with Gasteiger partial charge in [0.25, 0.3) is 0 Å². The summed E-state index contributed by atoms with van der Waals surface area (Å²) < 4.78 is 7.70. The minimum atomic E-state index is -0.290. The monoisotopic (exact) mass is 408 g/mol. The SMILES string of the molecule is Cc1cccc(C)c1OCCNC(=O)Nc1ccc2c(ccn2CC(=O)N(C)C)c1. The minimum absolute atomic E-state index is 0.0252. The number of ether oxygens (including phenoxy) is 1. The van der Waals surface area contributed by atoms with Crippen molar-refractivity contribution in [2.24, 2.45) is 0 Å². The average molecular weight is 409 g/mol. The van der Waals surface area contributed by atoms with Gasteiger partial charge < -0.3 is 24.8 Å². The molecule has 2 aromatic carbocycles. The van der Waals surface area contributed by atoms with E-state index in [1.807, 2.05) is 67.1 Å². The van der Waals surface area contributed by atoms with Gasteiger partial charge in [-0.1, -0.05) is 18.2 Å². The van der Waals surface area contributed by atoms with E-state index in [2.05, 4.69) is 10.6 Å². The lowest BCUT2D eigenvalue weighted by Gasteiger charge is -2.13. The average Bonchev–Trinajstić information content (AvgIpc) is 3.09. The van der Waals surface area contributed by atoms with E-state index in [1.54, 1.807) is 19.0 Å². The van der Waals surface area contributed by atoms with E-state index in [0.29, 0.717) is 18.8 Å². The number of rotatable bonds is 7. The maximum Gasteiger partial charge on any atom is 0.319 e. The van der Waals surface area contributed by atoms with Gasteiger partial charge >= 0.3 is 6.03 Å². The zero-order valence-corrected chi connectivity index (χ0v) is 17.9. The van der Waals surface area contributed by atoms with Crippen LogP contribution in [-0.4, -0.2) is 48.7 Å². The summed E-state index contributed by atoms with van der Waals surface area (Å²) in [7, 11) is 3.48. The lowest BCUT2D eigenvalue weighted by Crippen LogP contribution is -2.32. The summed E-state index contributed by atoms with van der Waals surface area (Å²) in [5.74, 6) is 0.889. The highest BCUT2D eigenvalue weighted by Crippen LogP contribution is 2.22. The number of hydrogen-bond acceptors (Lipinski definition) is 3. The molecule has 0 bridgehead atoms. The van der Waals surface area contributed by atoms with Crippen molar-refractivity contribution in [2.45, 2.75) is 20.4 Å². The Morgan fingerprint density at radius 1 is 1.07 bits per heavy atom. The van der Waals surface area contributed by atoms with Crippen molar-refractivity contribution in [3.8, 4) is 5.75 Å². The smallest absolute Gasteiger partial charge is 0.319 e. The lowest BCUT2D eigenvalue weighted by molar-refractivity contribution is -0.129. The molecule has 3 amide bonds. The van der Waals surface area contributed by atoms with Gasteiger partial charge in [0.2, 0.25) is 5.91 Å². The molecule has 1 heterocycles. The molecule has 0 spiro atoms. The highest BCUT2D eigenvalue weighted by Gasteiger charge is 2.09. The number of para-hydroxylation sites is 1. The van der Waals surface area contributed by atoms with Crippen molar-refractivity contribution in [1.82, 2.24) is 14.8 Å². The molecule has 158 valence electrons. The number of carbonyl (C=O) groups is 2. The van der Waals surface area contributed by atoms with E-state index in [0.717, 1.165) is 27.8 Å². The first-order valence-corrected chi connectivity index (χ1v) is 9.88. The molecule has 0 saturated heterocycles. The number of benzene rings is 2. The van der Waals surface area contributed by atoms with E-state index in [1.165, 1.54) is 0 Å². The third-order valence-corrected chi connectivity index (χ3v) is 4.88. The van der Waals surface area contributed by atoms with Crippen molar-refractivity contribution in [1.29, 1.82) is 0 Å². The normalized spacial score (nSPS) is 10.7. The van der Waals surface area contributed by atoms with Gasteiger partial charge in [-0.05, 0) is 49.2 Å². The molecule has 0 saturated carbocycles. The van der Waals surface area contributed by atoms with Crippen molar-refractivity contribution >= 4 is 28.5 Å². The zero-order valence-electron chi connectivity index (χ0n) is 17.9. The first kappa shape index (κ1) is 21.2. The Bertz CT molecular complexity index is 1040. The highest BCUT2D eigenvalue weighted by molar-refractivity contribution is 5.93. The van der Waals surface area contributed by atoms with E-state index in [4.69, 9.17) is 4.74 Å². The third-order valence-electron chi connectivity index (χ3n) is 4.88. The van der Waals surface area contributed by atoms with E-state index in [-0.39, 0.29) is 18.5 Å². The Labute approximate surface area is 176 Å². The quantitative estimate of drug-likeness (QED) is 0.587. The Morgan fingerprint density at radius 2 is 1.80 bits per heavy atom. The number of fused-ring (bicyclic) bond motifs is 1. The van der Waals surface area contributed by atoms with Gasteiger partial charge in [0.1, 0.15) is 18.9 Å². The fourth-order valence-electron chi connectivity index (χ4n) is 3.22. The van der Waals surface area contributed by atoms with Crippen LogP contribution in [-0.2, 0) is 11.3 Å². The summed E-state index contributed by atoms with van der Waals surface area (Å²) in [6.45, 7) is 5.07. The Balaban J connectivity index is 1.52. The summed E-state index contributed by atoms with van der Waals surface area (Å²) in [6, 6.07) is 13.3. The first-order valence-electron chi connectivity index (χ1n) is 9.88. The van der Waals surface area contributed by atoms with Crippen molar-refractivity contribution in [3.05, 3.63) is 59.8 Å². The number of amides is 3. The predicted octanol–water partition coefficient (Wildman–Crippen LogP) is 3.55. The highest BCUT2D eigenvalue weighted by atomic mass is 16.5. The number of aryl methyl sites for hydroxylation is 2. The van der Waals surface area contributed by atoms with Crippen LogP contribution in [0.3, 0.4) is 0 Å². The molecule has 0 aliphatic heterocycles. The van der Waals surface area contributed by atoms with Crippen molar-refractivity contribution < 1.29 is 14.3 Å². The molecule has 30 heavy (non-hydrogen) atoms. The molecular formula is C23H28N4O3. The summed E-state index contributed by atoms with van der Waals surface area (Å²) in [6.07, 6.45) is 1.88. The molecule has 7 nitrogen and oxygen atoms in total. The van der Waals surface area contributed by atoms with Gasteiger partial charge in [0.05, 0.1) is 6.54 Å². The molecule has 3 aromatic rings. The van der Waals surface area contributed by atoms with Crippen LogP contribution in [0.2, 0.25) is 0 Å². The molecular weight excluding hydrogens is 380 g/mol. The second-order valence-electron chi connectivity index (χ2n) is 7.46. The van der Waals surface area contributed by atoms with Crippen LogP contribution >= 0.6 is 0 Å². The fraction of sp³-hybridized carbons (Fsp3) is 0.304. The van der Waals surface area contributed by atoms with Crippen molar-refractivity contribution in [2.75, 3.05) is 32.6 Å². The second-order valence-corrected chi connectivity index (χ2v) is 7.46. The number of anilines is 1. The number of hydrogen-bond donors (Lipinski definition) is 2. The van der Waals surface area contributed by atoms with Gasteiger partial charge in [-0.3, -0.25) is 4.79 Å². The molecule has 1 aromatic heterocycles. The van der Waals surface area contributed by atoms with Crippen LogP contribution < -0.4 is 15.4 Å². The maximum absolute atomic E-state index is 12.2. The largest absolute Gasteiger partial charge is 0.491 e. The maximum atomic E-state index is 12.2. The standard InChI is InChI=1S/C23H28N4O3/c1-16-6-5-7-17(2)22(16)30-13-11-24-23(29)25-19-8-9-20-18(14-19)10-12-27(20)15-21(28)26(3)4/h5-10,12,14H,11,13,15H2,1-4H3,(H2,24,25,29). The van der Waals surface area contributed by atoms with Crippen LogP contribution in [0, 0.1) is 13.8 Å². The molecule has 0 radical (unpaired) electrons. The number of nitrogens with one attached hydrogen (secondary N) is 2. The van der Waals surface area contributed by atoms with E-state index in [9.17, 15) is 9.59 Å². The zero-order chi connectivity index (χ0) is 21.7. The third kappa shape index (κ3) is 5.11. The van der Waals surface area contributed by atoms with Gasteiger partial charge in [0, 0.05) is 36.9 Å².